The zero-order valence-corrected chi connectivity index (χ0v) is 24.3. The zero-order valence-electron chi connectivity index (χ0n) is 22.3. The first-order chi connectivity index (χ1) is 17.6. The Morgan fingerprint density at radius 3 is 2.70 bits per heavy atom. The summed E-state index contributed by atoms with van der Waals surface area (Å²) in [6, 6.07) is -0.529. The molecule has 2 heterocycles. The van der Waals surface area contributed by atoms with Crippen LogP contribution in [0.25, 0.3) is 0 Å². The molecule has 37 heavy (non-hydrogen) atoms. The molecule has 6 nitrogen and oxygen atoms in total. The van der Waals surface area contributed by atoms with E-state index in [1.807, 2.05) is 0 Å². The summed E-state index contributed by atoms with van der Waals surface area (Å²) in [5.74, 6) is -0.239. The summed E-state index contributed by atoms with van der Waals surface area (Å²) in [4.78, 5) is 27.0. The molecule has 206 valence electrons. The largest absolute Gasteiger partial charge is 0.462 e. The Morgan fingerprint density at radius 2 is 2.03 bits per heavy atom. The third-order valence-corrected chi connectivity index (χ3v) is 8.77. The molecule has 0 radical (unpaired) electrons. The number of carbonyl (C=O) groups excluding carboxylic acids is 2. The maximum atomic E-state index is 14.4. The monoisotopic (exact) mass is 555 g/mol. The molecule has 0 aromatic carbocycles. The average Bonchev–Trinajstić information content (AvgIpc) is 3.22. The fourth-order valence-corrected chi connectivity index (χ4v) is 6.64. The van der Waals surface area contributed by atoms with Crippen molar-refractivity contribution in [1.29, 1.82) is 0 Å². The molecule has 0 saturated heterocycles. The van der Waals surface area contributed by atoms with Crippen molar-refractivity contribution in [3.63, 3.8) is 0 Å². The number of carbonyl (C=O) groups is 2. The van der Waals surface area contributed by atoms with Crippen molar-refractivity contribution in [3.05, 3.63) is 38.3 Å². The Labute approximate surface area is 225 Å². The molecule has 1 aliphatic heterocycles. The third kappa shape index (κ3) is 7.39. The lowest BCUT2D eigenvalue weighted by Crippen LogP contribution is -2.34. The van der Waals surface area contributed by atoms with Crippen LogP contribution >= 0.6 is 20.6 Å². The lowest BCUT2D eigenvalue weighted by atomic mass is 9.86. The average molecular weight is 556 g/mol. The maximum Gasteiger partial charge on any atom is 0.341 e. The molecule has 0 bridgehead atoms. The van der Waals surface area contributed by atoms with Gasteiger partial charge in [0.2, 0.25) is 0 Å². The first kappa shape index (κ1) is 29.7. The Balaban J connectivity index is 1.86. The van der Waals surface area contributed by atoms with Gasteiger partial charge in [-0.2, -0.15) is 8.78 Å². The zero-order chi connectivity index (χ0) is 27.2. The third-order valence-electron chi connectivity index (χ3n) is 7.15. The van der Waals surface area contributed by atoms with Crippen molar-refractivity contribution < 1.29 is 23.1 Å². The van der Waals surface area contributed by atoms with Crippen LogP contribution in [-0.2, 0) is 11.2 Å². The number of rotatable bonds is 10. The van der Waals surface area contributed by atoms with E-state index >= 15 is 0 Å². The summed E-state index contributed by atoms with van der Waals surface area (Å²) >= 11 is 1.40. The second kappa shape index (κ2) is 13.3. The molecule has 0 saturated carbocycles. The van der Waals surface area contributed by atoms with Gasteiger partial charge in [-0.05, 0) is 81.5 Å². The van der Waals surface area contributed by atoms with Crippen molar-refractivity contribution in [2.75, 3.05) is 31.6 Å². The predicted octanol–water partition coefficient (Wildman–Crippen LogP) is 6.75. The van der Waals surface area contributed by atoms with Gasteiger partial charge in [-0.3, -0.25) is 5.32 Å². The van der Waals surface area contributed by atoms with E-state index < -0.39 is 17.7 Å². The van der Waals surface area contributed by atoms with Crippen molar-refractivity contribution in [2.24, 2.45) is 0 Å². The first-order valence-corrected chi connectivity index (χ1v) is 14.6. The molecule has 2 aliphatic rings. The van der Waals surface area contributed by atoms with Gasteiger partial charge >= 0.3 is 12.0 Å². The van der Waals surface area contributed by atoms with E-state index in [-0.39, 0.29) is 24.6 Å². The van der Waals surface area contributed by atoms with Crippen LogP contribution in [0.2, 0.25) is 0 Å². The number of anilines is 1. The van der Waals surface area contributed by atoms with Gasteiger partial charge in [0.05, 0.1) is 12.2 Å². The van der Waals surface area contributed by atoms with Crippen molar-refractivity contribution in [3.8, 4) is 0 Å². The Hall–Kier alpha value is -1.83. The van der Waals surface area contributed by atoms with E-state index in [4.69, 9.17) is 4.74 Å². The molecule has 3 rings (SSSR count). The number of hydrogen-bond donors (Lipinski definition) is 3. The number of alkyl halides is 2. The molecule has 10 heteroatoms. The van der Waals surface area contributed by atoms with Crippen LogP contribution in [0.5, 0.6) is 0 Å². The fourth-order valence-electron chi connectivity index (χ4n) is 5.12. The number of nitrogens with one attached hydrogen (secondary N) is 3. The van der Waals surface area contributed by atoms with Crippen LogP contribution in [0, 0.1) is 0 Å². The number of unbranched alkanes of at least 4 members (excludes halogenated alkanes) is 1. The number of amides is 2. The summed E-state index contributed by atoms with van der Waals surface area (Å²) in [5, 5.41) is 9.43. The minimum atomic E-state index is -3.08. The highest BCUT2D eigenvalue weighted by Gasteiger charge is 2.32. The molecule has 1 aromatic heterocycles. The smallest absolute Gasteiger partial charge is 0.341 e. The van der Waals surface area contributed by atoms with Crippen molar-refractivity contribution >= 4 is 37.6 Å². The van der Waals surface area contributed by atoms with Gasteiger partial charge in [-0.1, -0.05) is 35.1 Å². The quantitative estimate of drug-likeness (QED) is 0.220. The second-order valence-electron chi connectivity index (χ2n) is 9.80. The highest BCUT2D eigenvalue weighted by molar-refractivity contribution is 7.18. The van der Waals surface area contributed by atoms with Crippen molar-refractivity contribution in [2.45, 2.75) is 84.2 Å². The molecule has 2 amide bonds. The molecule has 2 unspecified atom stereocenters. The molecule has 0 spiro atoms. The minimum absolute atomic E-state index is 0.0250. The van der Waals surface area contributed by atoms with E-state index in [0.29, 0.717) is 35.6 Å². The SMILES string of the molecule is CCCCC1=C(/C(CNC(=O)Nc2sc3c(c2C(=O)OCC)C(C)CCC3)=C(\C)C(F)(F)P)CCNC1. The number of esters is 1. The number of allylic oxidation sites excluding steroid dienone is 1. The highest BCUT2D eigenvalue weighted by atomic mass is 32.1. The number of thiophene rings is 1. The van der Waals surface area contributed by atoms with Crippen LogP contribution in [0.15, 0.2) is 22.3 Å². The molecular formula is C27H40F2N3O3PS. The number of fused-ring (bicyclic) bond motifs is 1. The first-order valence-electron chi connectivity index (χ1n) is 13.2. The van der Waals surface area contributed by atoms with Gasteiger partial charge in [0.15, 0.2) is 0 Å². The molecule has 3 N–H and O–H groups in total. The van der Waals surface area contributed by atoms with E-state index in [1.54, 1.807) is 16.2 Å². The Bertz CT molecular complexity index is 1060. The molecule has 2 atom stereocenters. The van der Waals surface area contributed by atoms with Crippen LogP contribution in [0.4, 0.5) is 18.6 Å². The van der Waals surface area contributed by atoms with Gasteiger partial charge in [-0.15, -0.1) is 11.3 Å². The maximum absolute atomic E-state index is 14.4. The number of halogens is 2. The van der Waals surface area contributed by atoms with Crippen molar-refractivity contribution in [1.82, 2.24) is 10.6 Å². The molecule has 1 aliphatic carbocycles. The van der Waals surface area contributed by atoms with Gasteiger partial charge < -0.3 is 15.4 Å². The van der Waals surface area contributed by atoms with E-state index in [0.717, 1.165) is 60.1 Å². The van der Waals surface area contributed by atoms with Crippen LogP contribution in [-0.4, -0.2) is 43.9 Å². The van der Waals surface area contributed by atoms with E-state index in [2.05, 4.69) is 29.8 Å². The topological polar surface area (TPSA) is 79.5 Å². The standard InChI is InChI=1S/C27H40F2N3O3PS/c1-5-7-10-18-14-30-13-12-19(18)20(17(4)27(28,29)36)15-31-26(34)32-24-23(25(33)35-6-2)22-16(3)9-8-11-21(22)37-24/h16,30H,5-15,36H2,1-4H3,(H2,31,32,34)/b20-17+. The summed E-state index contributed by atoms with van der Waals surface area (Å²) < 4.78 is 34.2. The predicted molar refractivity (Wildman–Crippen MR) is 150 cm³/mol. The normalized spacial score (nSPS) is 18.7. The number of ether oxygens (including phenoxy) is 1. The van der Waals surface area contributed by atoms with Crippen LogP contribution in [0.3, 0.4) is 0 Å². The van der Waals surface area contributed by atoms with Gasteiger partial charge in [-0.25, -0.2) is 9.59 Å². The Morgan fingerprint density at radius 1 is 1.27 bits per heavy atom. The fraction of sp³-hybridized carbons (Fsp3) is 0.630. The number of hydrogen-bond acceptors (Lipinski definition) is 5. The number of urea groups is 1. The summed E-state index contributed by atoms with van der Waals surface area (Å²) in [7, 11) is 1.62. The summed E-state index contributed by atoms with van der Waals surface area (Å²) in [5.41, 5.74) is 0.772. The van der Waals surface area contributed by atoms with Crippen LogP contribution in [0.1, 0.15) is 92.9 Å². The van der Waals surface area contributed by atoms with Crippen LogP contribution < -0.4 is 16.0 Å². The summed E-state index contributed by atoms with van der Waals surface area (Å²) in [6.07, 6.45) is 6.34. The minimum Gasteiger partial charge on any atom is -0.462 e. The van der Waals surface area contributed by atoms with E-state index in [9.17, 15) is 18.4 Å². The number of aryl methyl sites for hydroxylation is 1. The van der Waals surface area contributed by atoms with E-state index in [1.165, 1.54) is 18.3 Å². The summed E-state index contributed by atoms with van der Waals surface area (Å²) in [6.45, 7) is 8.97. The Kier molecular flexibility index (Phi) is 10.7. The molecule has 1 aromatic rings. The lowest BCUT2D eigenvalue weighted by molar-refractivity contribution is 0.0526. The highest BCUT2D eigenvalue weighted by Crippen LogP contribution is 2.44. The second-order valence-corrected chi connectivity index (χ2v) is 11.6. The van der Waals surface area contributed by atoms with Gasteiger partial charge in [0, 0.05) is 23.5 Å². The molecule has 0 fully saturated rings. The lowest BCUT2D eigenvalue weighted by Gasteiger charge is -2.27. The van der Waals surface area contributed by atoms with Gasteiger partial charge in [0.1, 0.15) is 5.00 Å². The molecular weight excluding hydrogens is 515 g/mol. The van der Waals surface area contributed by atoms with Gasteiger partial charge in [0.25, 0.3) is 5.66 Å².